The van der Waals surface area contributed by atoms with Gasteiger partial charge in [-0.1, -0.05) is 36.4 Å². The molecule has 0 radical (unpaired) electrons. The van der Waals surface area contributed by atoms with E-state index in [2.05, 4.69) is 4.72 Å². The number of benzene rings is 3. The highest BCUT2D eigenvalue weighted by Gasteiger charge is 2.20. The van der Waals surface area contributed by atoms with Crippen molar-refractivity contribution < 1.29 is 23.2 Å². The van der Waals surface area contributed by atoms with Crippen molar-refractivity contribution in [3.8, 4) is 5.75 Å². The van der Waals surface area contributed by atoms with E-state index in [1.54, 1.807) is 42.5 Å². The molecule has 0 atom stereocenters. The van der Waals surface area contributed by atoms with E-state index < -0.39 is 15.8 Å². The van der Waals surface area contributed by atoms with Crippen LogP contribution in [-0.2, 0) is 16.6 Å². The number of rotatable bonds is 9. The number of sulfonamides is 1. The third-order valence-corrected chi connectivity index (χ3v) is 5.81. The van der Waals surface area contributed by atoms with E-state index in [9.17, 15) is 18.4 Å². The van der Waals surface area contributed by atoms with Crippen LogP contribution < -0.4 is 9.46 Å². The highest BCUT2D eigenvalue weighted by Crippen LogP contribution is 2.26. The summed E-state index contributed by atoms with van der Waals surface area (Å²) in [5.74, 6) is 0.107. The molecule has 0 saturated carbocycles. The van der Waals surface area contributed by atoms with Gasteiger partial charge in [0.1, 0.15) is 5.75 Å². The quantitative estimate of drug-likeness (QED) is 0.367. The van der Waals surface area contributed by atoms with Crippen molar-refractivity contribution in [3.05, 3.63) is 94.7 Å². The molecule has 9 heteroatoms. The molecule has 3 aromatic carbocycles. The van der Waals surface area contributed by atoms with Crippen molar-refractivity contribution in [2.24, 2.45) is 0 Å². The zero-order valence-electron chi connectivity index (χ0n) is 17.6. The predicted octanol–water partition coefficient (Wildman–Crippen LogP) is 4.19. The first-order valence-corrected chi connectivity index (χ1v) is 11.3. The number of anilines is 1. The molecule has 3 rings (SSSR count). The predicted molar refractivity (Wildman–Crippen MR) is 120 cm³/mol. The van der Waals surface area contributed by atoms with Gasteiger partial charge in [0.05, 0.1) is 16.7 Å². The van der Waals surface area contributed by atoms with Gasteiger partial charge in [-0.25, -0.2) is 8.42 Å². The molecule has 168 valence electrons. The summed E-state index contributed by atoms with van der Waals surface area (Å²) >= 11 is 0. The average Bonchev–Trinajstić information content (AvgIpc) is 2.74. The van der Waals surface area contributed by atoms with E-state index in [0.29, 0.717) is 16.9 Å². The van der Waals surface area contributed by atoms with Gasteiger partial charge >= 0.3 is 0 Å². The third-order valence-electron chi connectivity index (χ3n) is 4.43. The second-order valence-electron chi connectivity index (χ2n) is 7.33. The van der Waals surface area contributed by atoms with Crippen LogP contribution in [0.2, 0.25) is 0 Å². The van der Waals surface area contributed by atoms with Crippen LogP contribution in [0.5, 0.6) is 5.75 Å². The molecule has 0 aliphatic carbocycles. The first kappa shape index (κ1) is 23.4. The summed E-state index contributed by atoms with van der Waals surface area (Å²) in [6, 6.07) is 18.5. The lowest BCUT2D eigenvalue weighted by Gasteiger charge is -2.20. The van der Waals surface area contributed by atoms with Gasteiger partial charge in [-0.05, 0) is 55.8 Å². The minimum atomic E-state index is -4.01. The maximum Gasteiger partial charge on any atom is 0.261 e. The Morgan fingerprint density at radius 1 is 1.06 bits per heavy atom. The first-order chi connectivity index (χ1) is 15.2. The van der Waals surface area contributed by atoms with Gasteiger partial charge in [0.25, 0.3) is 10.0 Å². The number of hydrogen-bond donors (Lipinski definition) is 2. The number of hydroxylamine groups is 2. The van der Waals surface area contributed by atoms with Crippen LogP contribution in [0.3, 0.4) is 0 Å². The standard InChI is InChI=1S/C23H23N2O6S/c1-16(2)31-19-9-11-20(12-10-19)32(29,30)24-22-13-8-17(15-25(27)28)14-21(22)23(26)18-6-4-3-5-7-18/h3-14,16,24,27H,15H2,1-2H3/q-1. The number of nitrogens with one attached hydrogen (secondary N) is 1. The minimum absolute atomic E-state index is 0.00288. The van der Waals surface area contributed by atoms with Crippen LogP contribution in [-0.4, -0.2) is 30.7 Å². The summed E-state index contributed by atoms with van der Waals surface area (Å²) < 4.78 is 33.9. The third kappa shape index (κ3) is 5.92. The summed E-state index contributed by atoms with van der Waals surface area (Å²) in [7, 11) is -4.01. The fraction of sp³-hybridized carbons (Fsp3) is 0.174. The molecule has 0 amide bonds. The number of hydrogen-bond acceptors (Lipinski definition) is 7. The van der Waals surface area contributed by atoms with Crippen LogP contribution in [0, 0.1) is 5.21 Å². The molecule has 0 aromatic heterocycles. The van der Waals surface area contributed by atoms with E-state index in [4.69, 9.17) is 9.94 Å². The van der Waals surface area contributed by atoms with Crippen molar-refractivity contribution >= 4 is 21.5 Å². The summed E-state index contributed by atoms with van der Waals surface area (Å²) in [5.41, 5.74) is 0.808. The van der Waals surface area contributed by atoms with Crippen molar-refractivity contribution in [2.75, 3.05) is 4.72 Å². The Morgan fingerprint density at radius 3 is 2.31 bits per heavy atom. The van der Waals surface area contributed by atoms with Gasteiger partial charge in [-0.3, -0.25) is 14.7 Å². The Labute approximate surface area is 186 Å². The van der Waals surface area contributed by atoms with Crippen LogP contribution in [0.25, 0.3) is 0 Å². The maximum absolute atomic E-state index is 13.1. The minimum Gasteiger partial charge on any atom is -0.762 e. The molecule has 0 spiro atoms. The van der Waals surface area contributed by atoms with Crippen molar-refractivity contribution in [2.45, 2.75) is 31.4 Å². The number of carbonyl (C=O) groups is 1. The SMILES string of the molecule is CC(C)Oc1ccc(S(=O)(=O)Nc2ccc(CN([O-])O)cc2C(=O)c2ccccc2)cc1. The molecule has 3 aromatic rings. The Bertz CT molecular complexity index is 1180. The van der Waals surface area contributed by atoms with E-state index >= 15 is 0 Å². The van der Waals surface area contributed by atoms with Gasteiger partial charge in [-0.15, -0.1) is 0 Å². The normalized spacial score (nSPS) is 11.6. The number of carbonyl (C=O) groups excluding carboxylic acids is 1. The summed E-state index contributed by atoms with van der Waals surface area (Å²) in [4.78, 5) is 13.1. The topological polar surface area (TPSA) is 119 Å². The van der Waals surface area contributed by atoms with Gasteiger partial charge < -0.3 is 15.2 Å². The molecule has 0 unspecified atom stereocenters. The molecular formula is C23H23N2O6S-. The van der Waals surface area contributed by atoms with Crippen molar-refractivity contribution in [1.29, 1.82) is 0 Å². The van der Waals surface area contributed by atoms with Crippen LogP contribution in [0.1, 0.15) is 35.3 Å². The Kier molecular flexibility index (Phi) is 7.26. The largest absolute Gasteiger partial charge is 0.762 e. The number of nitrogens with zero attached hydrogens (tertiary/aromatic N) is 1. The summed E-state index contributed by atoms with van der Waals surface area (Å²) in [6.07, 6.45) is -0.0513. The smallest absolute Gasteiger partial charge is 0.261 e. The van der Waals surface area contributed by atoms with Crippen LogP contribution in [0.15, 0.2) is 77.7 Å². The highest BCUT2D eigenvalue weighted by atomic mass is 32.2. The van der Waals surface area contributed by atoms with Gasteiger partial charge in [0.15, 0.2) is 5.78 Å². The van der Waals surface area contributed by atoms with Crippen molar-refractivity contribution in [1.82, 2.24) is 5.23 Å². The second kappa shape index (κ2) is 9.92. The molecule has 0 fully saturated rings. The van der Waals surface area contributed by atoms with Crippen LogP contribution >= 0.6 is 0 Å². The molecule has 0 heterocycles. The fourth-order valence-electron chi connectivity index (χ4n) is 3.04. The zero-order valence-corrected chi connectivity index (χ0v) is 18.4. The number of ketones is 1. The average molecular weight is 456 g/mol. The van der Waals surface area contributed by atoms with Crippen molar-refractivity contribution in [3.63, 3.8) is 0 Å². The second-order valence-corrected chi connectivity index (χ2v) is 9.01. The Hall–Kier alpha value is -3.24. The molecule has 8 nitrogen and oxygen atoms in total. The molecule has 32 heavy (non-hydrogen) atoms. The Balaban J connectivity index is 1.96. The molecular weight excluding hydrogens is 432 g/mol. The molecule has 2 N–H and O–H groups in total. The van der Waals surface area contributed by atoms with E-state index in [1.165, 1.54) is 30.3 Å². The molecule has 0 saturated heterocycles. The molecule has 0 aliphatic rings. The molecule has 0 bridgehead atoms. The monoisotopic (exact) mass is 455 g/mol. The van der Waals surface area contributed by atoms with E-state index in [0.717, 1.165) is 0 Å². The first-order valence-electron chi connectivity index (χ1n) is 9.81. The lowest BCUT2D eigenvalue weighted by molar-refractivity contribution is -0.0488. The lowest BCUT2D eigenvalue weighted by atomic mass is 9.99. The van der Waals surface area contributed by atoms with Crippen LogP contribution in [0.4, 0.5) is 5.69 Å². The molecule has 0 aliphatic heterocycles. The Morgan fingerprint density at radius 2 is 1.72 bits per heavy atom. The lowest BCUT2D eigenvalue weighted by Crippen LogP contribution is -2.17. The van der Waals surface area contributed by atoms with Gasteiger partial charge in [0, 0.05) is 17.7 Å². The fourth-order valence-corrected chi connectivity index (χ4v) is 4.12. The number of ether oxygens (including phenoxy) is 1. The van der Waals surface area contributed by atoms with E-state index in [-0.39, 0.29) is 34.0 Å². The highest BCUT2D eigenvalue weighted by molar-refractivity contribution is 7.92. The zero-order chi connectivity index (χ0) is 23.3. The van der Waals surface area contributed by atoms with Gasteiger partial charge in [-0.2, -0.15) is 0 Å². The van der Waals surface area contributed by atoms with E-state index in [1.807, 2.05) is 13.8 Å². The summed E-state index contributed by atoms with van der Waals surface area (Å²) in [5, 5.41) is 19.8. The maximum atomic E-state index is 13.1. The summed E-state index contributed by atoms with van der Waals surface area (Å²) in [6.45, 7) is 3.35. The van der Waals surface area contributed by atoms with Gasteiger partial charge in [0.2, 0.25) is 0 Å².